The number of hydrogen-bond donors (Lipinski definition) is 1. The van der Waals surface area contributed by atoms with Crippen LogP contribution >= 0.6 is 0 Å². The molecule has 4 rings (SSSR count). The number of nitrogens with zero attached hydrogens (tertiary/aromatic N) is 2. The largest absolute Gasteiger partial charge is 0.497 e. The molecule has 4 aromatic rings. The molecule has 2 N–H and O–H groups in total. The quantitative estimate of drug-likeness (QED) is 0.578. The second-order valence-corrected chi connectivity index (χ2v) is 6.49. The molecule has 0 amide bonds. The standard InChI is InChI=1S/C23H21N3O2/c1-28-20-14-12-19(13-15-20)26-22(24)21(18-10-6-3-7-11-18)25(23(26)27)16-17-8-4-2-5-9-17/h2-15H,16,24H2,1H3. The summed E-state index contributed by atoms with van der Waals surface area (Å²) in [7, 11) is 1.61. The lowest BCUT2D eigenvalue weighted by molar-refractivity contribution is 0.414. The summed E-state index contributed by atoms with van der Waals surface area (Å²) in [5.41, 5.74) is 9.68. The van der Waals surface area contributed by atoms with Crippen molar-refractivity contribution in [2.45, 2.75) is 6.54 Å². The number of aromatic nitrogens is 2. The zero-order valence-corrected chi connectivity index (χ0v) is 15.6. The molecule has 0 fully saturated rings. The molecular formula is C23H21N3O2. The van der Waals surface area contributed by atoms with Gasteiger partial charge in [0.1, 0.15) is 11.6 Å². The highest BCUT2D eigenvalue weighted by Gasteiger charge is 2.20. The lowest BCUT2D eigenvalue weighted by atomic mass is 10.1. The molecule has 0 aliphatic rings. The normalized spacial score (nSPS) is 10.8. The van der Waals surface area contributed by atoms with Gasteiger partial charge in [0.05, 0.1) is 25.0 Å². The molecule has 0 saturated carbocycles. The van der Waals surface area contributed by atoms with Crippen molar-refractivity contribution in [1.29, 1.82) is 0 Å². The lowest BCUT2D eigenvalue weighted by Gasteiger charge is -2.08. The minimum absolute atomic E-state index is 0.176. The van der Waals surface area contributed by atoms with Gasteiger partial charge in [0.15, 0.2) is 0 Å². The Balaban J connectivity index is 1.92. The first-order valence-corrected chi connectivity index (χ1v) is 9.04. The summed E-state index contributed by atoms with van der Waals surface area (Å²) in [6.45, 7) is 0.442. The van der Waals surface area contributed by atoms with Crippen LogP contribution in [0.5, 0.6) is 5.75 Å². The monoisotopic (exact) mass is 371 g/mol. The Kier molecular flexibility index (Phi) is 4.72. The highest BCUT2D eigenvalue weighted by molar-refractivity contribution is 5.73. The molecule has 1 heterocycles. The average molecular weight is 371 g/mol. The summed E-state index contributed by atoms with van der Waals surface area (Å²) in [5.74, 6) is 1.14. The first kappa shape index (κ1) is 17.7. The average Bonchev–Trinajstić information content (AvgIpc) is 2.99. The second-order valence-electron chi connectivity index (χ2n) is 6.49. The fourth-order valence-corrected chi connectivity index (χ4v) is 3.36. The van der Waals surface area contributed by atoms with E-state index in [1.807, 2.05) is 84.9 Å². The number of rotatable bonds is 5. The van der Waals surface area contributed by atoms with Crippen LogP contribution in [0, 0.1) is 0 Å². The van der Waals surface area contributed by atoms with Crippen molar-refractivity contribution in [1.82, 2.24) is 9.13 Å². The molecule has 5 heteroatoms. The topological polar surface area (TPSA) is 62.2 Å². The number of nitrogen functional groups attached to an aromatic ring is 1. The van der Waals surface area contributed by atoms with Crippen LogP contribution in [0.2, 0.25) is 0 Å². The molecule has 0 aliphatic heterocycles. The zero-order valence-electron chi connectivity index (χ0n) is 15.6. The Hall–Kier alpha value is -3.73. The number of imidazole rings is 1. The number of ether oxygens (including phenoxy) is 1. The van der Waals surface area contributed by atoms with Gasteiger partial charge >= 0.3 is 5.69 Å². The van der Waals surface area contributed by atoms with Crippen LogP contribution in [0.25, 0.3) is 16.9 Å². The molecule has 0 saturated heterocycles. The molecule has 3 aromatic carbocycles. The third-order valence-corrected chi connectivity index (χ3v) is 4.74. The van der Waals surface area contributed by atoms with Gasteiger partial charge in [-0.1, -0.05) is 60.7 Å². The highest BCUT2D eigenvalue weighted by atomic mass is 16.5. The van der Waals surface area contributed by atoms with E-state index < -0.39 is 0 Å². The van der Waals surface area contributed by atoms with Crippen molar-refractivity contribution in [3.8, 4) is 22.7 Å². The molecule has 0 unspecified atom stereocenters. The lowest BCUT2D eigenvalue weighted by Crippen LogP contribution is -2.24. The smallest absolute Gasteiger partial charge is 0.335 e. The van der Waals surface area contributed by atoms with E-state index in [-0.39, 0.29) is 5.69 Å². The Bertz CT molecular complexity index is 1130. The Labute approximate surface area is 163 Å². The Morgan fingerprint density at radius 1 is 0.857 bits per heavy atom. The number of benzene rings is 3. The van der Waals surface area contributed by atoms with Crippen LogP contribution in [-0.2, 0) is 6.54 Å². The van der Waals surface area contributed by atoms with E-state index >= 15 is 0 Å². The van der Waals surface area contributed by atoms with Crippen molar-refractivity contribution in [2.75, 3.05) is 12.8 Å². The molecule has 5 nitrogen and oxygen atoms in total. The molecule has 0 radical (unpaired) electrons. The third kappa shape index (κ3) is 3.18. The van der Waals surface area contributed by atoms with Crippen LogP contribution in [0.1, 0.15) is 5.56 Å². The first-order valence-electron chi connectivity index (χ1n) is 9.04. The van der Waals surface area contributed by atoms with E-state index in [1.54, 1.807) is 16.2 Å². The first-order chi connectivity index (χ1) is 13.7. The number of nitrogens with two attached hydrogens (primary N) is 1. The number of anilines is 1. The van der Waals surface area contributed by atoms with Crippen LogP contribution in [0.4, 0.5) is 5.82 Å². The maximum Gasteiger partial charge on any atom is 0.335 e. The fraction of sp³-hybridized carbons (Fsp3) is 0.0870. The summed E-state index contributed by atoms with van der Waals surface area (Å²) in [6, 6.07) is 26.9. The van der Waals surface area contributed by atoms with Crippen molar-refractivity contribution in [2.24, 2.45) is 0 Å². The van der Waals surface area contributed by atoms with Crippen molar-refractivity contribution in [3.05, 3.63) is 101 Å². The van der Waals surface area contributed by atoms with Gasteiger partial charge in [-0.3, -0.25) is 4.57 Å². The van der Waals surface area contributed by atoms with E-state index in [4.69, 9.17) is 10.5 Å². The Morgan fingerprint density at radius 2 is 1.46 bits per heavy atom. The van der Waals surface area contributed by atoms with Gasteiger partial charge in [-0.05, 0) is 29.8 Å². The van der Waals surface area contributed by atoms with E-state index in [2.05, 4.69) is 0 Å². The van der Waals surface area contributed by atoms with E-state index in [9.17, 15) is 4.79 Å². The van der Waals surface area contributed by atoms with Gasteiger partial charge in [-0.25, -0.2) is 9.36 Å². The SMILES string of the molecule is COc1ccc(-n2c(N)c(-c3ccccc3)n(Cc3ccccc3)c2=O)cc1. The summed E-state index contributed by atoms with van der Waals surface area (Å²) in [5, 5.41) is 0. The molecule has 28 heavy (non-hydrogen) atoms. The van der Waals surface area contributed by atoms with Crippen LogP contribution in [0.15, 0.2) is 89.7 Å². The predicted molar refractivity (Wildman–Crippen MR) is 112 cm³/mol. The van der Waals surface area contributed by atoms with Gasteiger partial charge in [0, 0.05) is 5.56 Å². The summed E-state index contributed by atoms with van der Waals surface area (Å²) >= 11 is 0. The molecule has 140 valence electrons. The summed E-state index contributed by atoms with van der Waals surface area (Å²) in [4.78, 5) is 13.4. The molecule has 0 atom stereocenters. The summed E-state index contributed by atoms with van der Waals surface area (Å²) in [6.07, 6.45) is 0. The van der Waals surface area contributed by atoms with Crippen LogP contribution in [0.3, 0.4) is 0 Å². The van der Waals surface area contributed by atoms with E-state index in [0.717, 1.165) is 16.9 Å². The molecular weight excluding hydrogens is 350 g/mol. The van der Waals surface area contributed by atoms with Crippen LogP contribution < -0.4 is 16.2 Å². The van der Waals surface area contributed by atoms with Crippen molar-refractivity contribution < 1.29 is 4.74 Å². The fourth-order valence-electron chi connectivity index (χ4n) is 3.36. The molecule has 0 aliphatic carbocycles. The van der Waals surface area contributed by atoms with Gasteiger partial charge in [0.2, 0.25) is 0 Å². The molecule has 0 bridgehead atoms. The van der Waals surface area contributed by atoms with Gasteiger partial charge in [-0.15, -0.1) is 0 Å². The maximum atomic E-state index is 13.4. The van der Waals surface area contributed by atoms with Gasteiger partial charge < -0.3 is 10.5 Å². The van der Waals surface area contributed by atoms with Gasteiger partial charge in [0.25, 0.3) is 0 Å². The molecule has 0 spiro atoms. The predicted octanol–water partition coefficient (Wildman–Crippen LogP) is 3.95. The minimum Gasteiger partial charge on any atom is -0.497 e. The van der Waals surface area contributed by atoms with E-state index in [1.165, 1.54) is 0 Å². The van der Waals surface area contributed by atoms with E-state index in [0.29, 0.717) is 23.7 Å². The second kappa shape index (κ2) is 7.48. The minimum atomic E-state index is -0.176. The number of hydrogen-bond acceptors (Lipinski definition) is 3. The van der Waals surface area contributed by atoms with Crippen molar-refractivity contribution >= 4 is 5.82 Å². The zero-order chi connectivity index (χ0) is 19.5. The van der Waals surface area contributed by atoms with Crippen molar-refractivity contribution in [3.63, 3.8) is 0 Å². The highest BCUT2D eigenvalue weighted by Crippen LogP contribution is 2.28. The number of methoxy groups -OCH3 is 1. The third-order valence-electron chi connectivity index (χ3n) is 4.74. The summed E-state index contributed by atoms with van der Waals surface area (Å²) < 4.78 is 8.49. The van der Waals surface area contributed by atoms with Crippen LogP contribution in [-0.4, -0.2) is 16.2 Å². The maximum absolute atomic E-state index is 13.4. The van der Waals surface area contributed by atoms with Gasteiger partial charge in [-0.2, -0.15) is 0 Å². The Morgan fingerprint density at radius 3 is 2.07 bits per heavy atom. The molecule has 1 aromatic heterocycles.